The van der Waals surface area contributed by atoms with Gasteiger partial charge in [-0.1, -0.05) is 26.7 Å². The average molecular weight is 406 g/mol. The molecule has 152 valence electrons. The molecule has 0 aromatic carbocycles. The summed E-state index contributed by atoms with van der Waals surface area (Å²) in [6, 6.07) is 0.119. The van der Waals surface area contributed by atoms with Gasteiger partial charge in [0.2, 0.25) is 0 Å². The summed E-state index contributed by atoms with van der Waals surface area (Å²) >= 11 is 1.46. The highest BCUT2D eigenvalue weighted by Gasteiger charge is 2.28. The van der Waals surface area contributed by atoms with Gasteiger partial charge in [-0.2, -0.15) is 0 Å². The molecular formula is C20H27N3O4S. The topological polar surface area (TPSA) is 90.3 Å². The van der Waals surface area contributed by atoms with Crippen molar-refractivity contribution in [2.24, 2.45) is 11.8 Å². The van der Waals surface area contributed by atoms with E-state index < -0.39 is 5.97 Å². The Bertz CT molecular complexity index is 949. The lowest BCUT2D eigenvalue weighted by atomic mass is 9.78. The number of aromatic nitrogens is 2. The van der Waals surface area contributed by atoms with Gasteiger partial charge >= 0.3 is 5.97 Å². The lowest BCUT2D eigenvalue weighted by Crippen LogP contribution is -2.45. The van der Waals surface area contributed by atoms with E-state index in [9.17, 15) is 14.4 Å². The van der Waals surface area contributed by atoms with Crippen molar-refractivity contribution < 1.29 is 14.3 Å². The van der Waals surface area contributed by atoms with Crippen LogP contribution in [-0.2, 0) is 20.9 Å². The van der Waals surface area contributed by atoms with E-state index in [0.29, 0.717) is 22.1 Å². The first-order valence-electron chi connectivity index (χ1n) is 9.68. The molecule has 1 saturated carbocycles. The van der Waals surface area contributed by atoms with Crippen molar-refractivity contribution in [3.63, 3.8) is 0 Å². The zero-order chi connectivity index (χ0) is 20.4. The van der Waals surface area contributed by atoms with E-state index in [-0.39, 0.29) is 30.7 Å². The van der Waals surface area contributed by atoms with Crippen LogP contribution in [0, 0.1) is 25.7 Å². The molecule has 0 radical (unpaired) electrons. The highest BCUT2D eigenvalue weighted by Crippen LogP contribution is 2.29. The summed E-state index contributed by atoms with van der Waals surface area (Å²) in [6.45, 7) is 7.55. The molecular weight excluding hydrogens is 378 g/mol. The second-order valence-electron chi connectivity index (χ2n) is 7.74. The van der Waals surface area contributed by atoms with Gasteiger partial charge in [0, 0.05) is 10.9 Å². The molecule has 0 aliphatic heterocycles. The van der Waals surface area contributed by atoms with Crippen molar-refractivity contribution in [1.29, 1.82) is 0 Å². The van der Waals surface area contributed by atoms with Crippen molar-refractivity contribution in [3.05, 3.63) is 27.1 Å². The summed E-state index contributed by atoms with van der Waals surface area (Å²) in [6.07, 6.45) is 4.58. The van der Waals surface area contributed by atoms with E-state index in [1.165, 1.54) is 28.7 Å². The number of carbonyl (C=O) groups excluding carboxylic acids is 2. The van der Waals surface area contributed by atoms with Crippen LogP contribution in [0.15, 0.2) is 11.1 Å². The molecule has 0 spiro atoms. The van der Waals surface area contributed by atoms with Crippen molar-refractivity contribution in [3.8, 4) is 0 Å². The maximum absolute atomic E-state index is 12.6. The monoisotopic (exact) mass is 405 g/mol. The maximum Gasteiger partial charge on any atom is 0.326 e. The number of aryl methyl sites for hydroxylation is 2. The van der Waals surface area contributed by atoms with E-state index in [4.69, 9.17) is 4.74 Å². The summed E-state index contributed by atoms with van der Waals surface area (Å²) in [7, 11) is 0. The van der Waals surface area contributed by atoms with Gasteiger partial charge in [0.05, 0.1) is 11.7 Å². The number of rotatable bonds is 5. The zero-order valence-electron chi connectivity index (χ0n) is 16.8. The van der Waals surface area contributed by atoms with Crippen LogP contribution in [0.25, 0.3) is 10.2 Å². The third-order valence-corrected chi connectivity index (χ3v) is 6.99. The Morgan fingerprint density at radius 3 is 2.82 bits per heavy atom. The Morgan fingerprint density at radius 1 is 1.32 bits per heavy atom. The van der Waals surface area contributed by atoms with Crippen LogP contribution >= 0.6 is 11.3 Å². The van der Waals surface area contributed by atoms with Crippen LogP contribution in [0.2, 0.25) is 0 Å². The van der Waals surface area contributed by atoms with Crippen LogP contribution in [0.5, 0.6) is 0 Å². The van der Waals surface area contributed by atoms with Gasteiger partial charge < -0.3 is 10.1 Å². The first kappa shape index (κ1) is 20.5. The van der Waals surface area contributed by atoms with Crippen molar-refractivity contribution in [2.75, 3.05) is 6.61 Å². The summed E-state index contributed by atoms with van der Waals surface area (Å²) in [4.78, 5) is 42.8. The lowest BCUT2D eigenvalue weighted by molar-refractivity contribution is -0.149. The Balaban J connectivity index is 1.56. The smallest absolute Gasteiger partial charge is 0.326 e. The molecule has 1 fully saturated rings. The third-order valence-electron chi connectivity index (χ3n) is 5.87. The first-order valence-corrected chi connectivity index (χ1v) is 10.5. The SMILES string of the molecule is Cc1sc2ncn(CC(=O)OCC(=O)N[C@@H]3CCC[C@@H](C)[C@@H]3C)c(=O)c2c1C. The van der Waals surface area contributed by atoms with Crippen LogP contribution in [0.3, 0.4) is 0 Å². The van der Waals surface area contributed by atoms with Crippen molar-refractivity contribution in [2.45, 2.75) is 59.5 Å². The van der Waals surface area contributed by atoms with E-state index in [2.05, 4.69) is 24.1 Å². The number of thiophene rings is 1. The molecule has 1 N–H and O–H groups in total. The molecule has 7 nitrogen and oxygen atoms in total. The predicted molar refractivity (Wildman–Crippen MR) is 108 cm³/mol. The number of carbonyl (C=O) groups is 2. The van der Waals surface area contributed by atoms with Gasteiger partial charge in [-0.05, 0) is 37.7 Å². The van der Waals surface area contributed by atoms with Crippen LogP contribution in [0.4, 0.5) is 0 Å². The molecule has 0 bridgehead atoms. The molecule has 8 heteroatoms. The number of nitrogens with one attached hydrogen (secondary N) is 1. The molecule has 1 amide bonds. The molecule has 2 aromatic rings. The van der Waals surface area contributed by atoms with Crippen LogP contribution < -0.4 is 10.9 Å². The molecule has 2 aromatic heterocycles. The summed E-state index contributed by atoms with van der Waals surface area (Å²) < 4.78 is 6.31. The quantitative estimate of drug-likeness (QED) is 0.772. The second-order valence-corrected chi connectivity index (χ2v) is 8.95. The van der Waals surface area contributed by atoms with E-state index in [0.717, 1.165) is 23.3 Å². The molecule has 0 unspecified atom stereocenters. The van der Waals surface area contributed by atoms with E-state index in [1.54, 1.807) is 0 Å². The zero-order valence-corrected chi connectivity index (χ0v) is 17.6. The number of ether oxygens (including phenoxy) is 1. The predicted octanol–water partition coefficient (Wildman–Crippen LogP) is 2.56. The minimum atomic E-state index is -0.631. The Kier molecular flexibility index (Phi) is 6.17. The number of amides is 1. The third kappa shape index (κ3) is 4.27. The standard InChI is InChI=1S/C20H27N3O4S/c1-11-6-5-7-15(12(11)2)22-16(24)9-27-17(25)8-23-10-21-19-18(20(23)26)13(3)14(4)28-19/h10-12,15H,5-9H2,1-4H3,(H,22,24)/t11-,12+,15-/m1/s1. The fourth-order valence-electron chi connectivity index (χ4n) is 3.75. The molecule has 1 aliphatic rings. The van der Waals surface area contributed by atoms with Crippen molar-refractivity contribution in [1.82, 2.24) is 14.9 Å². The Hall–Kier alpha value is -2.22. The number of nitrogens with zero attached hydrogens (tertiary/aromatic N) is 2. The van der Waals surface area contributed by atoms with E-state index in [1.807, 2.05) is 13.8 Å². The molecule has 2 heterocycles. The second kappa shape index (κ2) is 8.43. The molecule has 28 heavy (non-hydrogen) atoms. The van der Waals surface area contributed by atoms with Crippen LogP contribution in [0.1, 0.15) is 43.6 Å². The number of esters is 1. The highest BCUT2D eigenvalue weighted by atomic mass is 32.1. The van der Waals surface area contributed by atoms with E-state index >= 15 is 0 Å². The van der Waals surface area contributed by atoms with Gasteiger partial charge in [0.25, 0.3) is 11.5 Å². The highest BCUT2D eigenvalue weighted by molar-refractivity contribution is 7.18. The number of fused-ring (bicyclic) bond motifs is 1. The van der Waals surface area contributed by atoms with Gasteiger partial charge in [0.1, 0.15) is 11.4 Å². The fourth-order valence-corrected chi connectivity index (χ4v) is 4.74. The summed E-state index contributed by atoms with van der Waals surface area (Å²) in [5.41, 5.74) is 0.619. The number of hydrogen-bond donors (Lipinski definition) is 1. The Morgan fingerprint density at radius 2 is 2.07 bits per heavy atom. The molecule has 0 saturated heterocycles. The van der Waals surface area contributed by atoms with Crippen molar-refractivity contribution >= 4 is 33.4 Å². The molecule has 3 atom stereocenters. The largest absolute Gasteiger partial charge is 0.454 e. The van der Waals surface area contributed by atoms with Crippen LogP contribution in [-0.4, -0.2) is 34.1 Å². The lowest BCUT2D eigenvalue weighted by Gasteiger charge is -2.34. The van der Waals surface area contributed by atoms with Gasteiger partial charge in [-0.3, -0.25) is 19.0 Å². The summed E-state index contributed by atoms with van der Waals surface area (Å²) in [5.74, 6) is 0.0415. The Labute approximate surface area is 168 Å². The summed E-state index contributed by atoms with van der Waals surface area (Å²) in [5, 5.41) is 3.51. The maximum atomic E-state index is 12.6. The minimum Gasteiger partial charge on any atom is -0.454 e. The van der Waals surface area contributed by atoms with Gasteiger partial charge in [0.15, 0.2) is 6.61 Å². The fraction of sp³-hybridized carbons (Fsp3) is 0.600. The van der Waals surface area contributed by atoms with Gasteiger partial charge in [-0.25, -0.2) is 4.98 Å². The minimum absolute atomic E-state index is 0.119. The molecule has 1 aliphatic carbocycles. The first-order chi connectivity index (χ1) is 13.3. The average Bonchev–Trinajstić information content (AvgIpc) is 2.94. The molecule has 3 rings (SSSR count). The normalized spacial score (nSPS) is 22.2. The number of hydrogen-bond acceptors (Lipinski definition) is 6. The van der Waals surface area contributed by atoms with Gasteiger partial charge in [-0.15, -0.1) is 11.3 Å².